The van der Waals surface area contributed by atoms with E-state index < -0.39 is 0 Å². The first-order valence-electron chi connectivity index (χ1n) is 10.3. The van der Waals surface area contributed by atoms with E-state index in [0.29, 0.717) is 11.8 Å². The molecule has 4 nitrogen and oxygen atoms in total. The molecule has 0 bridgehead atoms. The summed E-state index contributed by atoms with van der Waals surface area (Å²) in [6, 6.07) is 13.8. The molecule has 2 saturated heterocycles. The van der Waals surface area contributed by atoms with E-state index in [2.05, 4.69) is 32.2 Å². The molecule has 2 aliphatic rings. The van der Waals surface area contributed by atoms with E-state index in [1.54, 1.807) is 0 Å². The quantitative estimate of drug-likeness (QED) is 0.601. The van der Waals surface area contributed by atoms with Gasteiger partial charge in [0.1, 0.15) is 0 Å². The number of carbonyl (C=O) groups is 1. The Kier molecular flexibility index (Phi) is 6.47. The van der Waals surface area contributed by atoms with Crippen molar-refractivity contribution in [3.63, 3.8) is 0 Å². The predicted octanol–water partition coefficient (Wildman–Crippen LogP) is 4.92. The highest BCUT2D eigenvalue weighted by Crippen LogP contribution is 2.32. The largest absolute Gasteiger partial charge is 0.385 e. The number of rotatable bonds is 6. The average molecular weight is 477 g/mol. The number of nitrogens with one attached hydrogen (secondary N) is 1. The number of nitrogens with zero attached hydrogens (tertiary/aromatic N) is 2. The SMILES string of the molecule is Cc1ccc(NCCCN2CC3CN(C(=O)c4ccccc4Br)CC3C2)cc1Cl. The molecule has 0 aromatic heterocycles. The zero-order chi connectivity index (χ0) is 20.4. The summed E-state index contributed by atoms with van der Waals surface area (Å²) in [5.74, 6) is 1.36. The number of halogens is 2. The standard InChI is InChI=1S/C23H27BrClN3O/c1-16-7-8-19(11-22(16)25)26-9-4-10-27-12-17-14-28(15-18(17)13-27)23(29)20-5-2-3-6-21(20)24/h2-3,5-8,11,17-18,26H,4,9-10,12-15H2,1H3. The number of hydrogen-bond donors (Lipinski definition) is 1. The Hall–Kier alpha value is -1.56. The van der Waals surface area contributed by atoms with Crippen LogP contribution in [0.25, 0.3) is 0 Å². The lowest BCUT2D eigenvalue weighted by molar-refractivity contribution is 0.0773. The summed E-state index contributed by atoms with van der Waals surface area (Å²) in [5.41, 5.74) is 2.96. The number of fused-ring (bicyclic) bond motifs is 1. The molecule has 154 valence electrons. The van der Waals surface area contributed by atoms with Gasteiger partial charge < -0.3 is 15.1 Å². The van der Waals surface area contributed by atoms with E-state index in [1.807, 2.05) is 48.2 Å². The van der Waals surface area contributed by atoms with E-state index in [4.69, 9.17) is 11.6 Å². The fraction of sp³-hybridized carbons (Fsp3) is 0.435. The molecule has 0 saturated carbocycles. The molecule has 2 fully saturated rings. The molecule has 29 heavy (non-hydrogen) atoms. The van der Waals surface area contributed by atoms with Crippen molar-refractivity contribution in [2.45, 2.75) is 13.3 Å². The summed E-state index contributed by atoms with van der Waals surface area (Å²) in [4.78, 5) is 17.4. The molecular formula is C23H27BrClN3O. The van der Waals surface area contributed by atoms with Crippen molar-refractivity contribution in [3.05, 3.63) is 63.1 Å². The van der Waals surface area contributed by atoms with Gasteiger partial charge >= 0.3 is 0 Å². The van der Waals surface area contributed by atoms with Gasteiger partial charge in [-0.1, -0.05) is 29.8 Å². The lowest BCUT2D eigenvalue weighted by Crippen LogP contribution is -2.34. The normalized spacial score (nSPS) is 21.4. The van der Waals surface area contributed by atoms with Gasteiger partial charge in [-0.15, -0.1) is 0 Å². The van der Waals surface area contributed by atoms with Gasteiger partial charge in [-0.25, -0.2) is 0 Å². The van der Waals surface area contributed by atoms with Crippen molar-refractivity contribution in [3.8, 4) is 0 Å². The third-order valence-electron chi connectivity index (χ3n) is 6.11. The molecule has 1 amide bonds. The van der Waals surface area contributed by atoms with Crippen LogP contribution in [0.5, 0.6) is 0 Å². The first-order chi connectivity index (χ1) is 14.0. The summed E-state index contributed by atoms with van der Waals surface area (Å²) < 4.78 is 0.881. The van der Waals surface area contributed by atoms with Crippen LogP contribution in [0.4, 0.5) is 5.69 Å². The van der Waals surface area contributed by atoms with E-state index in [9.17, 15) is 4.79 Å². The molecule has 1 N–H and O–H groups in total. The maximum absolute atomic E-state index is 12.8. The van der Waals surface area contributed by atoms with Gasteiger partial charge in [0.2, 0.25) is 0 Å². The minimum absolute atomic E-state index is 0.152. The summed E-state index contributed by atoms with van der Waals surface area (Å²) in [5, 5.41) is 4.27. The lowest BCUT2D eigenvalue weighted by Gasteiger charge is -2.22. The smallest absolute Gasteiger partial charge is 0.255 e. The van der Waals surface area contributed by atoms with Gasteiger partial charge in [0.25, 0.3) is 5.91 Å². The van der Waals surface area contributed by atoms with Gasteiger partial charge in [-0.2, -0.15) is 0 Å². The van der Waals surface area contributed by atoms with Crippen molar-refractivity contribution in [1.82, 2.24) is 9.80 Å². The van der Waals surface area contributed by atoms with Crippen molar-refractivity contribution in [1.29, 1.82) is 0 Å². The molecule has 2 atom stereocenters. The number of carbonyl (C=O) groups excluding carboxylic acids is 1. The molecular weight excluding hydrogens is 450 g/mol. The Morgan fingerprint density at radius 2 is 1.86 bits per heavy atom. The van der Waals surface area contributed by atoms with Gasteiger partial charge in [-0.05, 0) is 77.5 Å². The van der Waals surface area contributed by atoms with Crippen LogP contribution in [0.1, 0.15) is 22.3 Å². The van der Waals surface area contributed by atoms with Crippen molar-refractivity contribution >= 4 is 39.1 Å². The third-order valence-corrected chi connectivity index (χ3v) is 7.20. The summed E-state index contributed by atoms with van der Waals surface area (Å²) >= 11 is 9.69. The van der Waals surface area contributed by atoms with Crippen molar-refractivity contribution in [2.75, 3.05) is 44.6 Å². The lowest BCUT2D eigenvalue weighted by atomic mass is 10.0. The number of aryl methyl sites for hydroxylation is 1. The highest BCUT2D eigenvalue weighted by molar-refractivity contribution is 9.10. The molecule has 2 unspecified atom stereocenters. The first kappa shape index (κ1) is 20.7. The average Bonchev–Trinajstić information content (AvgIpc) is 3.26. The minimum atomic E-state index is 0.152. The molecule has 2 aromatic rings. The fourth-order valence-electron chi connectivity index (χ4n) is 4.48. The maximum atomic E-state index is 12.8. The monoisotopic (exact) mass is 475 g/mol. The number of likely N-dealkylation sites (tertiary alicyclic amines) is 2. The number of benzene rings is 2. The minimum Gasteiger partial charge on any atom is -0.385 e. The second-order valence-corrected chi connectivity index (χ2v) is 9.48. The van der Waals surface area contributed by atoms with Crippen LogP contribution < -0.4 is 5.32 Å². The van der Waals surface area contributed by atoms with Crippen LogP contribution in [0.15, 0.2) is 46.9 Å². The Bertz CT molecular complexity index is 876. The van der Waals surface area contributed by atoms with E-state index in [0.717, 1.165) is 72.0 Å². The van der Waals surface area contributed by atoms with Crippen LogP contribution in [0.2, 0.25) is 5.02 Å². The second kappa shape index (κ2) is 9.07. The van der Waals surface area contributed by atoms with Crippen LogP contribution >= 0.6 is 27.5 Å². The van der Waals surface area contributed by atoms with E-state index >= 15 is 0 Å². The van der Waals surface area contributed by atoms with Crippen LogP contribution in [-0.4, -0.2) is 55.0 Å². The molecule has 4 rings (SSSR count). The Morgan fingerprint density at radius 1 is 1.14 bits per heavy atom. The number of amides is 1. The summed E-state index contributed by atoms with van der Waals surface area (Å²) in [6.45, 7) is 8.00. The number of hydrogen-bond acceptors (Lipinski definition) is 3. The van der Waals surface area contributed by atoms with Gasteiger partial charge in [-0.3, -0.25) is 4.79 Å². The van der Waals surface area contributed by atoms with Gasteiger partial charge in [0, 0.05) is 47.9 Å². The van der Waals surface area contributed by atoms with Gasteiger partial charge in [0.15, 0.2) is 0 Å². The van der Waals surface area contributed by atoms with Crippen LogP contribution in [0, 0.1) is 18.8 Å². The Morgan fingerprint density at radius 3 is 2.55 bits per heavy atom. The maximum Gasteiger partial charge on any atom is 0.255 e. The van der Waals surface area contributed by atoms with Crippen molar-refractivity contribution < 1.29 is 4.79 Å². The third kappa shape index (κ3) is 4.79. The molecule has 2 aliphatic heterocycles. The Balaban J connectivity index is 1.21. The summed E-state index contributed by atoms with van der Waals surface area (Å²) in [6.07, 6.45) is 1.10. The predicted molar refractivity (Wildman–Crippen MR) is 123 cm³/mol. The molecule has 0 aliphatic carbocycles. The van der Waals surface area contributed by atoms with E-state index in [-0.39, 0.29) is 5.91 Å². The molecule has 2 heterocycles. The van der Waals surface area contributed by atoms with Crippen LogP contribution in [-0.2, 0) is 0 Å². The topological polar surface area (TPSA) is 35.6 Å². The molecule has 0 spiro atoms. The molecule has 0 radical (unpaired) electrons. The van der Waals surface area contributed by atoms with Crippen LogP contribution in [0.3, 0.4) is 0 Å². The zero-order valence-electron chi connectivity index (χ0n) is 16.7. The number of anilines is 1. The zero-order valence-corrected chi connectivity index (χ0v) is 19.0. The highest BCUT2D eigenvalue weighted by Gasteiger charge is 2.41. The van der Waals surface area contributed by atoms with Gasteiger partial charge in [0.05, 0.1) is 5.56 Å². The molecule has 6 heteroatoms. The second-order valence-electron chi connectivity index (χ2n) is 8.21. The van der Waals surface area contributed by atoms with E-state index in [1.165, 1.54) is 0 Å². The Labute approximate surface area is 186 Å². The van der Waals surface area contributed by atoms with Crippen molar-refractivity contribution in [2.24, 2.45) is 11.8 Å². The fourth-order valence-corrected chi connectivity index (χ4v) is 5.12. The summed E-state index contributed by atoms with van der Waals surface area (Å²) in [7, 11) is 0. The molecule has 2 aromatic carbocycles. The highest BCUT2D eigenvalue weighted by atomic mass is 79.9. The first-order valence-corrected chi connectivity index (χ1v) is 11.4.